The number of halogens is 3. The normalized spacial score (nSPS) is 16.8. The number of nitrogens with zero attached hydrogens (tertiary/aromatic N) is 1. The summed E-state index contributed by atoms with van der Waals surface area (Å²) < 4.78 is 37.7. The lowest BCUT2D eigenvalue weighted by Crippen LogP contribution is -2.39. The molecule has 132 valence electrons. The van der Waals surface area contributed by atoms with Crippen LogP contribution in [0.25, 0.3) is 0 Å². The lowest BCUT2D eigenvalue weighted by Gasteiger charge is -2.32. The molecule has 0 radical (unpaired) electrons. The number of nitrogens with two attached hydrogens (primary N) is 1. The van der Waals surface area contributed by atoms with Crippen LogP contribution in [0.15, 0.2) is 24.3 Å². The molecule has 3 amide bonds. The van der Waals surface area contributed by atoms with Crippen LogP contribution in [0.2, 0.25) is 0 Å². The summed E-state index contributed by atoms with van der Waals surface area (Å²) in [6, 6.07) is 4.47. The van der Waals surface area contributed by atoms with Gasteiger partial charge in [0.05, 0.1) is 5.56 Å². The third kappa shape index (κ3) is 5.23. The summed E-state index contributed by atoms with van der Waals surface area (Å²) in [6.07, 6.45) is -2.48. The first kappa shape index (κ1) is 18.3. The molecule has 1 aromatic rings. The fourth-order valence-corrected chi connectivity index (χ4v) is 2.89. The third-order valence-corrected chi connectivity index (χ3v) is 4.21. The van der Waals surface area contributed by atoms with Gasteiger partial charge in [-0.3, -0.25) is 10.1 Å². The molecule has 0 aliphatic carbocycles. The van der Waals surface area contributed by atoms with Crippen LogP contribution in [0.5, 0.6) is 0 Å². The van der Waals surface area contributed by atoms with Gasteiger partial charge in [-0.05, 0) is 49.5 Å². The van der Waals surface area contributed by atoms with E-state index in [1.165, 1.54) is 0 Å². The number of amides is 3. The molecule has 8 heteroatoms. The van der Waals surface area contributed by atoms with Crippen LogP contribution in [0, 0.1) is 0 Å². The number of piperidine rings is 1. The molecule has 0 atom stereocenters. The van der Waals surface area contributed by atoms with Crippen molar-refractivity contribution in [1.82, 2.24) is 10.2 Å². The number of nitrogens with one attached hydrogen (secondary N) is 1. The molecule has 1 aliphatic heterocycles. The molecule has 0 spiro atoms. The highest BCUT2D eigenvalue weighted by Crippen LogP contribution is 2.32. The van der Waals surface area contributed by atoms with Gasteiger partial charge in [0.25, 0.3) is 0 Å². The monoisotopic (exact) mass is 343 g/mol. The maximum absolute atomic E-state index is 12.6. The van der Waals surface area contributed by atoms with Gasteiger partial charge in [0.2, 0.25) is 5.91 Å². The second-order valence-corrected chi connectivity index (χ2v) is 5.90. The van der Waals surface area contributed by atoms with Crippen LogP contribution in [0.1, 0.15) is 36.3 Å². The average molecular weight is 343 g/mol. The zero-order chi connectivity index (χ0) is 17.7. The predicted octanol–water partition coefficient (Wildman–Crippen LogP) is 2.47. The van der Waals surface area contributed by atoms with E-state index in [0.29, 0.717) is 6.54 Å². The molecule has 5 nitrogen and oxygen atoms in total. The highest BCUT2D eigenvalue weighted by Gasteiger charge is 2.30. The number of carbonyl (C=O) groups is 2. The zero-order valence-corrected chi connectivity index (χ0v) is 13.1. The summed E-state index contributed by atoms with van der Waals surface area (Å²) in [6.45, 7) is 2.05. The van der Waals surface area contributed by atoms with Crippen LogP contribution in [-0.2, 0) is 11.0 Å². The summed E-state index contributed by atoms with van der Waals surface area (Å²) in [5, 5.41) is 2.02. The maximum atomic E-state index is 12.6. The van der Waals surface area contributed by atoms with Crippen LogP contribution in [0.4, 0.5) is 18.0 Å². The first-order valence-electron chi connectivity index (χ1n) is 7.74. The number of hydrogen-bond acceptors (Lipinski definition) is 3. The summed E-state index contributed by atoms with van der Waals surface area (Å²) in [7, 11) is 0. The van der Waals surface area contributed by atoms with Gasteiger partial charge in [-0.25, -0.2) is 4.79 Å². The number of rotatable bonds is 4. The van der Waals surface area contributed by atoms with E-state index in [1.54, 1.807) is 12.1 Å². The summed E-state index contributed by atoms with van der Waals surface area (Å²) in [5.74, 6) is -0.185. The van der Waals surface area contributed by atoms with Crippen molar-refractivity contribution in [2.45, 2.75) is 31.4 Å². The Bertz CT molecular complexity index is 579. The van der Waals surface area contributed by atoms with Gasteiger partial charge < -0.3 is 10.6 Å². The molecule has 0 saturated carbocycles. The Hall–Kier alpha value is -2.09. The number of primary amides is 1. The second kappa shape index (κ2) is 7.65. The Morgan fingerprint density at radius 3 is 2.25 bits per heavy atom. The molecular weight excluding hydrogens is 323 g/mol. The Morgan fingerprint density at radius 1 is 1.17 bits per heavy atom. The van der Waals surface area contributed by atoms with Gasteiger partial charge in [0, 0.05) is 13.0 Å². The first-order valence-corrected chi connectivity index (χ1v) is 7.74. The Balaban J connectivity index is 1.80. The lowest BCUT2D eigenvalue weighted by molar-refractivity contribution is -0.137. The van der Waals surface area contributed by atoms with E-state index in [1.807, 2.05) is 5.32 Å². The SMILES string of the molecule is NC(=O)NC(=O)CCN1CCC(c2ccc(C(F)(F)F)cc2)CC1. The smallest absolute Gasteiger partial charge is 0.351 e. The number of likely N-dealkylation sites (tertiary alicyclic amines) is 1. The number of urea groups is 1. The van der Waals surface area contributed by atoms with Gasteiger partial charge in [0.1, 0.15) is 0 Å². The van der Waals surface area contributed by atoms with Crippen molar-refractivity contribution in [2.75, 3.05) is 19.6 Å². The first-order chi connectivity index (χ1) is 11.3. The zero-order valence-electron chi connectivity index (χ0n) is 13.1. The molecular formula is C16H20F3N3O2. The second-order valence-electron chi connectivity index (χ2n) is 5.90. The van der Waals surface area contributed by atoms with Crippen molar-refractivity contribution in [3.05, 3.63) is 35.4 Å². The van der Waals surface area contributed by atoms with Crippen LogP contribution >= 0.6 is 0 Å². The fourth-order valence-electron chi connectivity index (χ4n) is 2.89. The maximum Gasteiger partial charge on any atom is 0.416 e. The van der Waals surface area contributed by atoms with Crippen LogP contribution in [0.3, 0.4) is 0 Å². The summed E-state index contributed by atoms with van der Waals surface area (Å²) >= 11 is 0. The van der Waals surface area contributed by atoms with E-state index in [9.17, 15) is 22.8 Å². The minimum absolute atomic E-state index is 0.188. The van der Waals surface area contributed by atoms with Crippen molar-refractivity contribution in [3.63, 3.8) is 0 Å². The predicted molar refractivity (Wildman–Crippen MR) is 82.2 cm³/mol. The van der Waals surface area contributed by atoms with Gasteiger partial charge >= 0.3 is 12.2 Å². The minimum Gasteiger partial charge on any atom is -0.351 e. The molecule has 1 aliphatic rings. The largest absolute Gasteiger partial charge is 0.416 e. The number of benzene rings is 1. The van der Waals surface area contributed by atoms with Crippen molar-refractivity contribution in [1.29, 1.82) is 0 Å². The molecule has 1 fully saturated rings. The van der Waals surface area contributed by atoms with Gasteiger partial charge in [-0.2, -0.15) is 13.2 Å². The molecule has 1 aromatic carbocycles. The number of alkyl halides is 3. The molecule has 0 bridgehead atoms. The molecule has 2 rings (SSSR count). The Kier molecular flexibility index (Phi) is 5.82. The highest BCUT2D eigenvalue weighted by atomic mass is 19.4. The van der Waals surface area contributed by atoms with Gasteiger partial charge in [-0.15, -0.1) is 0 Å². The number of carbonyl (C=O) groups excluding carboxylic acids is 2. The average Bonchev–Trinajstić information content (AvgIpc) is 2.52. The molecule has 0 unspecified atom stereocenters. The Labute approximate surface area is 138 Å². The summed E-state index contributed by atoms with van der Waals surface area (Å²) in [5.41, 5.74) is 5.14. The molecule has 3 N–H and O–H groups in total. The van der Waals surface area contributed by atoms with E-state index >= 15 is 0 Å². The Morgan fingerprint density at radius 2 is 1.75 bits per heavy atom. The summed E-state index contributed by atoms with van der Waals surface area (Å²) in [4.78, 5) is 24.0. The molecule has 1 heterocycles. The van der Waals surface area contributed by atoms with Gasteiger partial charge in [-0.1, -0.05) is 12.1 Å². The van der Waals surface area contributed by atoms with E-state index < -0.39 is 23.7 Å². The molecule has 1 saturated heterocycles. The van der Waals surface area contributed by atoms with E-state index in [2.05, 4.69) is 4.90 Å². The van der Waals surface area contributed by atoms with Crippen LogP contribution < -0.4 is 11.1 Å². The number of imide groups is 1. The van der Waals surface area contributed by atoms with Crippen molar-refractivity contribution in [2.24, 2.45) is 5.73 Å². The van der Waals surface area contributed by atoms with Crippen LogP contribution in [-0.4, -0.2) is 36.5 Å². The molecule has 0 aromatic heterocycles. The lowest BCUT2D eigenvalue weighted by atomic mass is 9.89. The topological polar surface area (TPSA) is 75.4 Å². The van der Waals surface area contributed by atoms with E-state index in [0.717, 1.165) is 43.6 Å². The quantitative estimate of drug-likeness (QED) is 0.882. The third-order valence-electron chi connectivity index (χ3n) is 4.21. The van der Waals surface area contributed by atoms with E-state index in [-0.39, 0.29) is 12.3 Å². The van der Waals surface area contributed by atoms with Crippen molar-refractivity contribution >= 4 is 11.9 Å². The number of hydrogen-bond donors (Lipinski definition) is 2. The standard InChI is InChI=1S/C16H20F3N3O2/c17-16(18,19)13-3-1-11(2-4-13)12-5-8-22(9-6-12)10-7-14(23)21-15(20)24/h1-4,12H,5-10H2,(H3,20,21,23,24). The van der Waals surface area contributed by atoms with E-state index in [4.69, 9.17) is 5.73 Å². The highest BCUT2D eigenvalue weighted by molar-refractivity contribution is 5.93. The van der Waals surface area contributed by atoms with Gasteiger partial charge in [0.15, 0.2) is 0 Å². The fraction of sp³-hybridized carbons (Fsp3) is 0.500. The minimum atomic E-state index is -4.31. The molecule has 24 heavy (non-hydrogen) atoms. The van der Waals surface area contributed by atoms with Crippen molar-refractivity contribution < 1.29 is 22.8 Å². The van der Waals surface area contributed by atoms with Crippen molar-refractivity contribution in [3.8, 4) is 0 Å².